The van der Waals surface area contributed by atoms with Crippen molar-refractivity contribution >= 4 is 97.2 Å². The molecule has 0 unspecified atom stereocenters. The van der Waals surface area contributed by atoms with E-state index in [-0.39, 0.29) is 0 Å². The molecule has 1 nitrogen and oxygen atoms in total. The van der Waals surface area contributed by atoms with Gasteiger partial charge in [-0.2, -0.15) is 0 Å². The molecule has 0 spiro atoms. The van der Waals surface area contributed by atoms with Gasteiger partial charge in [-0.15, -0.1) is 0 Å². The summed E-state index contributed by atoms with van der Waals surface area (Å²) in [5, 5.41) is 21.0. The second kappa shape index (κ2) is 10.1. The fourth-order valence-corrected chi connectivity index (χ4v) is 10.1. The lowest BCUT2D eigenvalue weighted by Gasteiger charge is -2.17. The van der Waals surface area contributed by atoms with Crippen LogP contribution in [0.15, 0.2) is 170 Å². The molecule has 13 rings (SSSR count). The Kier molecular flexibility index (Phi) is 5.36. The first-order valence-electron chi connectivity index (χ1n) is 18.9. The minimum Gasteiger partial charge on any atom is -0.309 e. The van der Waals surface area contributed by atoms with Crippen LogP contribution in [-0.4, -0.2) is 4.57 Å². The average Bonchev–Trinajstić information content (AvgIpc) is 3.56. The van der Waals surface area contributed by atoms with Crippen molar-refractivity contribution in [2.75, 3.05) is 0 Å². The van der Waals surface area contributed by atoms with E-state index < -0.39 is 0 Å². The van der Waals surface area contributed by atoms with E-state index in [0.29, 0.717) is 0 Å². The first-order valence-corrected chi connectivity index (χ1v) is 18.9. The maximum atomic E-state index is 2.48. The number of rotatable bonds is 3. The third kappa shape index (κ3) is 3.59. The Labute approximate surface area is 310 Å². The third-order valence-corrected chi connectivity index (χ3v) is 12.5. The number of hydrogen-bond donors (Lipinski definition) is 0. The van der Waals surface area contributed by atoms with Gasteiger partial charge in [0, 0.05) is 16.5 Å². The minimum atomic E-state index is 1.19. The van der Waals surface area contributed by atoms with Gasteiger partial charge in [-0.05, 0) is 129 Å². The zero-order valence-electron chi connectivity index (χ0n) is 29.6. The van der Waals surface area contributed by atoms with E-state index in [1.807, 2.05) is 0 Å². The van der Waals surface area contributed by atoms with Crippen molar-refractivity contribution in [3.63, 3.8) is 0 Å². The molecule has 0 atom stereocenters. The smallest absolute Gasteiger partial charge is 0.0547 e. The van der Waals surface area contributed by atoms with Gasteiger partial charge in [0.05, 0.1) is 11.0 Å². The Bertz CT molecular complexity index is 3400. The van der Waals surface area contributed by atoms with Crippen LogP contribution in [0.25, 0.3) is 125 Å². The SMILES string of the molecule is Cc1ccc(-n2c3ccc(-c4ccc5ccc6cccc7ccc4c5c67)c4ccc5c(-c6ccc7ccc8cccc9ccc6c7c89)ccc2c5c43)cc1. The van der Waals surface area contributed by atoms with Gasteiger partial charge in [0.1, 0.15) is 0 Å². The predicted molar refractivity (Wildman–Crippen MR) is 232 cm³/mol. The van der Waals surface area contributed by atoms with E-state index in [1.54, 1.807) is 0 Å². The Balaban J connectivity index is 1.14. The van der Waals surface area contributed by atoms with Crippen LogP contribution in [-0.2, 0) is 0 Å². The topological polar surface area (TPSA) is 4.93 Å². The fourth-order valence-electron chi connectivity index (χ4n) is 10.1. The van der Waals surface area contributed by atoms with Crippen LogP contribution in [0, 0.1) is 6.92 Å². The van der Waals surface area contributed by atoms with Crippen LogP contribution in [0.3, 0.4) is 0 Å². The lowest BCUT2D eigenvalue weighted by molar-refractivity contribution is 1.18. The highest BCUT2D eigenvalue weighted by Crippen LogP contribution is 2.49. The van der Waals surface area contributed by atoms with Crippen LogP contribution in [0.2, 0.25) is 0 Å². The highest BCUT2D eigenvalue weighted by atomic mass is 15.0. The van der Waals surface area contributed by atoms with Gasteiger partial charge in [0.25, 0.3) is 0 Å². The van der Waals surface area contributed by atoms with Crippen molar-refractivity contribution < 1.29 is 0 Å². The molecule has 0 aliphatic carbocycles. The summed E-state index contributed by atoms with van der Waals surface area (Å²) in [6.45, 7) is 2.16. The Morgan fingerprint density at radius 2 is 0.611 bits per heavy atom. The number of nitrogens with zero attached hydrogens (tertiary/aromatic N) is 1. The summed E-state index contributed by atoms with van der Waals surface area (Å²) in [4.78, 5) is 0. The predicted octanol–water partition coefficient (Wildman–Crippen LogP) is 14.8. The fraction of sp³-hybridized carbons (Fsp3) is 0.0189. The summed E-state index contributed by atoms with van der Waals surface area (Å²) < 4.78 is 2.48. The first-order chi connectivity index (χ1) is 26.7. The summed E-state index contributed by atoms with van der Waals surface area (Å²) in [6, 6.07) is 64.3. The van der Waals surface area contributed by atoms with E-state index in [4.69, 9.17) is 0 Å². The first kappa shape index (κ1) is 28.6. The van der Waals surface area contributed by atoms with Gasteiger partial charge in [0.2, 0.25) is 0 Å². The molecule has 13 aromatic rings. The quantitative estimate of drug-likeness (QED) is 0.164. The lowest BCUT2D eigenvalue weighted by Crippen LogP contribution is -1.94. The van der Waals surface area contributed by atoms with E-state index >= 15 is 0 Å². The van der Waals surface area contributed by atoms with Crippen LogP contribution >= 0.6 is 0 Å². The normalized spacial score (nSPS) is 12.5. The van der Waals surface area contributed by atoms with Crippen LogP contribution < -0.4 is 0 Å². The van der Waals surface area contributed by atoms with Gasteiger partial charge in [-0.1, -0.05) is 151 Å². The number of hydrogen-bond acceptors (Lipinski definition) is 0. The largest absolute Gasteiger partial charge is 0.309 e. The van der Waals surface area contributed by atoms with Crippen molar-refractivity contribution in [2.45, 2.75) is 6.92 Å². The molecule has 0 aliphatic rings. The maximum absolute atomic E-state index is 2.48. The van der Waals surface area contributed by atoms with E-state index in [0.717, 1.165) is 0 Å². The molecule has 0 radical (unpaired) electrons. The molecule has 0 bridgehead atoms. The van der Waals surface area contributed by atoms with Crippen molar-refractivity contribution in [3.05, 3.63) is 175 Å². The van der Waals surface area contributed by atoms with Crippen molar-refractivity contribution in [3.8, 4) is 27.9 Å². The molecule has 1 heterocycles. The van der Waals surface area contributed by atoms with Crippen molar-refractivity contribution in [2.24, 2.45) is 0 Å². The minimum absolute atomic E-state index is 1.19. The average molecular weight is 682 g/mol. The van der Waals surface area contributed by atoms with Crippen LogP contribution in [0.5, 0.6) is 0 Å². The molecular weight excluding hydrogens is 651 g/mol. The van der Waals surface area contributed by atoms with Crippen LogP contribution in [0.1, 0.15) is 5.56 Å². The molecule has 0 N–H and O–H groups in total. The summed E-state index contributed by atoms with van der Waals surface area (Å²) in [5.74, 6) is 0. The van der Waals surface area contributed by atoms with Gasteiger partial charge in [0.15, 0.2) is 0 Å². The summed E-state index contributed by atoms with van der Waals surface area (Å²) in [7, 11) is 0. The second-order valence-electron chi connectivity index (χ2n) is 15.3. The van der Waals surface area contributed by atoms with E-state index in [1.165, 1.54) is 131 Å². The van der Waals surface area contributed by atoms with Crippen molar-refractivity contribution in [1.82, 2.24) is 4.57 Å². The maximum Gasteiger partial charge on any atom is 0.0547 e. The van der Waals surface area contributed by atoms with Gasteiger partial charge < -0.3 is 4.57 Å². The molecular formula is C53H31N. The highest BCUT2D eigenvalue weighted by molar-refractivity contribution is 6.32. The molecule has 0 saturated heterocycles. The molecule has 1 heteroatoms. The number of aromatic nitrogens is 1. The van der Waals surface area contributed by atoms with E-state index in [9.17, 15) is 0 Å². The zero-order valence-corrected chi connectivity index (χ0v) is 29.6. The lowest BCUT2D eigenvalue weighted by atomic mass is 9.86. The second-order valence-corrected chi connectivity index (χ2v) is 15.3. The summed E-state index contributed by atoms with van der Waals surface area (Å²) >= 11 is 0. The van der Waals surface area contributed by atoms with Gasteiger partial charge in [-0.3, -0.25) is 0 Å². The van der Waals surface area contributed by atoms with Crippen molar-refractivity contribution in [1.29, 1.82) is 0 Å². The molecule has 54 heavy (non-hydrogen) atoms. The number of aryl methyl sites for hydroxylation is 1. The number of benzene rings is 12. The van der Waals surface area contributed by atoms with E-state index in [2.05, 4.69) is 181 Å². The summed E-state index contributed by atoms with van der Waals surface area (Å²) in [6.07, 6.45) is 0. The molecule has 0 fully saturated rings. The molecule has 0 saturated carbocycles. The Morgan fingerprint density at radius 1 is 0.278 bits per heavy atom. The molecule has 248 valence electrons. The molecule has 12 aromatic carbocycles. The monoisotopic (exact) mass is 681 g/mol. The zero-order chi connectivity index (χ0) is 35.2. The third-order valence-electron chi connectivity index (χ3n) is 12.5. The highest BCUT2D eigenvalue weighted by Gasteiger charge is 2.23. The molecule has 1 aromatic heterocycles. The standard InChI is InChI=1S/C53H31N/c1-30-8-18-37(19-9-30)54-46-28-26-40(38-20-14-35-12-10-31-4-2-6-33-16-22-42(38)50(35)48(31)33)44-24-25-45-41(27-29-47(54)53(45)52(44)46)39-21-15-36-13-11-32-5-3-7-34-17-23-43(39)51(36)49(32)34/h2-29H,1H3. The van der Waals surface area contributed by atoms with Crippen LogP contribution in [0.4, 0.5) is 0 Å². The van der Waals surface area contributed by atoms with Gasteiger partial charge >= 0.3 is 0 Å². The summed E-state index contributed by atoms with van der Waals surface area (Å²) in [5.41, 5.74) is 10.0. The molecule has 0 aliphatic heterocycles. The van der Waals surface area contributed by atoms with Gasteiger partial charge in [-0.25, -0.2) is 0 Å². The Hall–Kier alpha value is -6.96. The molecule has 0 amide bonds. The Morgan fingerprint density at radius 3 is 1.06 bits per heavy atom.